The molecule has 0 radical (unpaired) electrons. The van der Waals surface area contributed by atoms with Crippen molar-refractivity contribution in [3.05, 3.63) is 0 Å². The van der Waals surface area contributed by atoms with Crippen LogP contribution in [0.1, 0.15) is 166 Å². The van der Waals surface area contributed by atoms with E-state index in [-0.39, 0.29) is 0 Å². The third-order valence-electron chi connectivity index (χ3n) is 16.1. The molecule has 0 saturated heterocycles. The minimum absolute atomic E-state index is 1.28. The van der Waals surface area contributed by atoms with Crippen molar-refractivity contribution in [3.63, 3.8) is 0 Å². The van der Waals surface area contributed by atoms with Gasteiger partial charge < -0.3 is 54.2 Å². The zero-order valence-corrected chi connectivity index (χ0v) is 60.6. The van der Waals surface area contributed by atoms with Crippen molar-refractivity contribution in [1.82, 2.24) is 0 Å². The Hall–Kier alpha value is -1.20. The van der Waals surface area contributed by atoms with E-state index in [0.29, 0.717) is 0 Å². The van der Waals surface area contributed by atoms with E-state index in [4.69, 9.17) is 77.8 Å². The molecule has 0 saturated carbocycles. The second kappa shape index (κ2) is 59.4. The molecule has 0 rings (SSSR count). The molecule has 0 aliphatic carbocycles. The predicted octanol–water partition coefficient (Wildman–Crippen LogP) is 7.79. The molecule has 0 spiro atoms. The van der Waals surface area contributed by atoms with Gasteiger partial charge in [-0.25, -0.2) is 50.5 Å². The van der Waals surface area contributed by atoms with Crippen LogP contribution in [0, 0.1) is 0 Å². The first-order valence-electron chi connectivity index (χ1n) is 28.5. The highest BCUT2D eigenvalue weighted by Crippen LogP contribution is 2.07. The summed E-state index contributed by atoms with van der Waals surface area (Å²) in [7, 11) is -32.5. The monoisotopic (exact) mass is 1370 g/mol. The Kier molecular flexibility index (Phi) is 78.2. The summed E-state index contributed by atoms with van der Waals surface area (Å²) < 4.78 is 220. The van der Waals surface area contributed by atoms with E-state index < -0.39 is 63.0 Å². The lowest BCUT2D eigenvalue weighted by molar-refractivity contribution is -0.921. The summed E-state index contributed by atoms with van der Waals surface area (Å²) in [5.41, 5.74) is 0. The van der Waals surface area contributed by atoms with Gasteiger partial charge in [0.15, 0.2) is 0 Å². The number of hydrogen-bond donors (Lipinski definition) is 0. The Morgan fingerprint density at radius 1 is 0.167 bits per heavy atom. The van der Waals surface area contributed by atoms with Gasteiger partial charge >= 0.3 is 0 Å². The van der Waals surface area contributed by atoms with Crippen molar-refractivity contribution in [2.24, 2.45) is 0 Å². The Labute approximate surface area is 511 Å². The first-order chi connectivity index (χ1) is 37.5. The average Bonchev–Trinajstić information content (AvgIpc) is 3.37. The van der Waals surface area contributed by atoms with Crippen LogP contribution in [0.15, 0.2) is 0 Å². The predicted molar refractivity (Wildman–Crippen MR) is 319 cm³/mol. The number of nitrogens with zero attached hydrogens (tertiary/aromatic N) is 6. The smallest absolute Gasteiger partial charge is 0.255 e. The molecule has 0 fully saturated rings. The van der Waals surface area contributed by atoms with Crippen LogP contribution in [0.3, 0.4) is 0 Å². The summed E-state index contributed by atoms with van der Waals surface area (Å²) in [6.45, 7) is 85.3. The summed E-state index contributed by atoms with van der Waals surface area (Å²) in [6.07, 6.45) is 0. The maximum atomic E-state index is 10.1. The Morgan fingerprint density at radius 2 is 0.190 bits per heavy atom. The van der Waals surface area contributed by atoms with Crippen LogP contribution < -0.4 is 0 Å². The molecule has 84 heavy (non-hydrogen) atoms. The Bertz CT molecular complexity index is 1580. The van der Waals surface area contributed by atoms with Gasteiger partial charge in [-0.15, -0.1) is 23.3 Å². The molecule has 24 nitrogen and oxygen atoms in total. The summed E-state index contributed by atoms with van der Waals surface area (Å²) in [4.78, 5) is 0. The fraction of sp³-hybridized carbons (Fsp3) is 1.00. The molecule has 0 aromatic rings. The topological polar surface area (TPSA) is 343 Å². The summed E-state index contributed by atoms with van der Waals surface area (Å²) in [6, 6.07) is 0. The van der Waals surface area contributed by atoms with Gasteiger partial charge in [-0.2, -0.15) is 0 Å². The number of hydrogen-bond acceptors (Lipinski definition) is 18. The van der Waals surface area contributed by atoms with E-state index >= 15 is 0 Å². The van der Waals surface area contributed by atoms with Crippen LogP contribution in [0.25, 0.3) is 0 Å². The Morgan fingerprint density at radius 3 is 0.190 bits per heavy atom. The summed E-state index contributed by atoms with van der Waals surface area (Å²) in [5.74, 6) is 0. The second-order valence-corrected chi connectivity index (χ2v) is 22.7. The molecule has 36 heteroatoms. The minimum Gasteiger partial charge on any atom is -0.722 e. The maximum Gasteiger partial charge on any atom is 0.255 e. The number of rotatable bonds is 24. The first kappa shape index (κ1) is 111. The first-order valence-corrected chi connectivity index (χ1v) is 36.3. The van der Waals surface area contributed by atoms with Crippen LogP contribution in [-0.2, 0) is 63.0 Å². The SMILES string of the molecule is CC[N+](CC)(CC)CC.CC[N+](CC)(CC)CC.CC[N+](CC)(CC)CC.CC[N+](CC)(CC)CC.CC[N+](CC)(CC)CC.CC[N+](CC)(CC)CC.O=S(=O)([O-])F.O=S(=O)([O-])F.O=S(=O)([O-])F.O=S(=O)([O-])F.O=S(=O)([O-])F.O=S(=O)([O-])F. The third kappa shape index (κ3) is 103. The summed E-state index contributed by atoms with van der Waals surface area (Å²) in [5, 5.41) is 0. The molecule has 0 bridgehead atoms. The van der Waals surface area contributed by atoms with Gasteiger partial charge in [0.2, 0.25) is 0 Å². The van der Waals surface area contributed by atoms with Gasteiger partial charge in [-0.1, -0.05) is 0 Å². The zero-order valence-electron chi connectivity index (χ0n) is 55.7. The van der Waals surface area contributed by atoms with E-state index in [1.54, 1.807) is 0 Å². The van der Waals surface area contributed by atoms with Gasteiger partial charge in [0.1, 0.15) is 0 Å². The molecular formula is C48H120F6N6O18S6. The third-order valence-corrected chi connectivity index (χ3v) is 16.1. The molecule has 528 valence electrons. The van der Waals surface area contributed by atoms with Crippen molar-refractivity contribution < 1.29 is 128 Å². The average molecular weight is 1380 g/mol. The van der Waals surface area contributed by atoms with E-state index in [1.165, 1.54) is 184 Å². The lowest BCUT2D eigenvalue weighted by Gasteiger charge is -2.34. The molecule has 0 amide bonds. The van der Waals surface area contributed by atoms with Gasteiger partial charge in [-0.3, -0.25) is 0 Å². The maximum absolute atomic E-state index is 10.1. The molecular weight excluding hydrogens is 1250 g/mol. The van der Waals surface area contributed by atoms with Gasteiger partial charge in [-0.05, 0) is 166 Å². The molecule has 0 atom stereocenters. The molecule has 0 heterocycles. The van der Waals surface area contributed by atoms with Crippen molar-refractivity contribution in [3.8, 4) is 0 Å². The van der Waals surface area contributed by atoms with E-state index in [0.717, 1.165) is 0 Å². The van der Waals surface area contributed by atoms with Crippen LogP contribution in [0.4, 0.5) is 23.3 Å². The number of halogens is 6. The second-order valence-electron chi connectivity index (χ2n) is 18.0. The summed E-state index contributed by atoms with van der Waals surface area (Å²) >= 11 is 0. The highest BCUT2D eigenvalue weighted by Gasteiger charge is 2.20. The van der Waals surface area contributed by atoms with Crippen LogP contribution in [0.2, 0.25) is 0 Å². The molecule has 0 N–H and O–H groups in total. The number of quaternary nitrogens is 6. The zero-order chi connectivity index (χ0) is 71.0. The van der Waals surface area contributed by atoms with Crippen LogP contribution in [0.5, 0.6) is 0 Å². The fourth-order valence-electron chi connectivity index (χ4n) is 8.05. The van der Waals surface area contributed by atoms with Crippen molar-refractivity contribution in [1.29, 1.82) is 0 Å². The Balaban J connectivity index is -0.0000000680. The fourth-order valence-corrected chi connectivity index (χ4v) is 8.05. The highest BCUT2D eigenvalue weighted by molar-refractivity contribution is 7.81. The standard InChI is InChI=1S/6C8H20N.6FHO3S/c6*1-5-9(6-2,7-3)8-4;6*1-5(2,3)4/h6*5-8H2,1-4H3;6*(H,2,3,4)/q6*+1;;;;;;/p-6. The quantitative estimate of drug-likeness (QED) is 0.0385. The van der Waals surface area contributed by atoms with Gasteiger partial charge in [0.25, 0.3) is 63.0 Å². The van der Waals surface area contributed by atoms with E-state index in [2.05, 4.69) is 166 Å². The van der Waals surface area contributed by atoms with Crippen molar-refractivity contribution in [2.45, 2.75) is 166 Å². The largest absolute Gasteiger partial charge is 0.722 e. The van der Waals surface area contributed by atoms with E-state index in [9.17, 15) is 23.3 Å². The highest BCUT2D eigenvalue weighted by atomic mass is 32.3. The molecule has 0 aliphatic heterocycles. The molecule has 0 aliphatic rings. The van der Waals surface area contributed by atoms with Crippen LogP contribution in [-0.4, -0.2) is 262 Å². The molecule has 0 aromatic heterocycles. The van der Waals surface area contributed by atoms with Crippen molar-refractivity contribution >= 4 is 63.0 Å². The van der Waals surface area contributed by atoms with Gasteiger partial charge in [0, 0.05) is 0 Å². The lowest BCUT2D eigenvalue weighted by Crippen LogP contribution is -2.47. The minimum atomic E-state index is -5.42. The van der Waals surface area contributed by atoms with E-state index in [1.807, 2.05) is 0 Å². The lowest BCUT2D eigenvalue weighted by atomic mass is 10.3. The van der Waals surface area contributed by atoms with Gasteiger partial charge in [0.05, 0.1) is 157 Å². The van der Waals surface area contributed by atoms with Crippen LogP contribution >= 0.6 is 0 Å². The molecule has 0 unspecified atom stereocenters. The normalized spacial score (nSPS) is 11.9. The van der Waals surface area contributed by atoms with Crippen molar-refractivity contribution in [2.75, 3.05) is 157 Å². The molecule has 0 aromatic carbocycles.